The van der Waals surface area contributed by atoms with Gasteiger partial charge in [0, 0.05) is 10.3 Å². The van der Waals surface area contributed by atoms with E-state index in [-0.39, 0.29) is 6.16 Å². The second-order valence-corrected chi connectivity index (χ2v) is 10.2. The fourth-order valence-electron chi connectivity index (χ4n) is 2.79. The molecule has 153 valence electrons. The van der Waals surface area contributed by atoms with Crippen molar-refractivity contribution in [2.24, 2.45) is 0 Å². The van der Waals surface area contributed by atoms with E-state index in [9.17, 15) is 4.57 Å². The first kappa shape index (κ1) is 24.6. The Morgan fingerprint density at radius 1 is 0.926 bits per heavy atom. The summed E-state index contributed by atoms with van der Waals surface area (Å²) < 4.78 is 10.9. The highest BCUT2D eigenvalue weighted by molar-refractivity contribution is 7.51. The van der Waals surface area contributed by atoms with Crippen LogP contribution in [-0.2, 0) is 23.6 Å². The zero-order chi connectivity index (χ0) is 20.0. The smallest absolute Gasteiger partial charge is 0.324 e. The predicted molar refractivity (Wildman–Crippen MR) is 119 cm³/mol. The average Bonchev–Trinajstić information content (AvgIpc) is 3.27. The molecule has 2 rings (SSSR count). The third-order valence-electron chi connectivity index (χ3n) is 4.31. The van der Waals surface area contributed by atoms with Crippen LogP contribution in [0.15, 0.2) is 22.9 Å². The molecule has 0 aliphatic carbocycles. The van der Waals surface area contributed by atoms with Crippen molar-refractivity contribution >= 4 is 30.3 Å². The Labute approximate surface area is 173 Å². The highest BCUT2D eigenvalue weighted by atomic mass is 32.1. The van der Waals surface area contributed by atoms with Gasteiger partial charge in [-0.05, 0) is 59.7 Å². The Kier molecular flexibility index (Phi) is 13.2. The van der Waals surface area contributed by atoms with Gasteiger partial charge in [-0.15, -0.1) is 22.7 Å². The van der Waals surface area contributed by atoms with Gasteiger partial charge in [0.2, 0.25) is 0 Å². The van der Waals surface area contributed by atoms with Gasteiger partial charge >= 0.3 is 7.60 Å². The summed E-state index contributed by atoms with van der Waals surface area (Å²) in [6.45, 7) is 4.42. The molecule has 0 saturated carbocycles. The SMILES string of the molecule is CCCCCCc1[c]scc1.CCCCCCc1ccsc1CP(=O)(O)O. The van der Waals surface area contributed by atoms with Crippen LogP contribution in [0, 0.1) is 5.38 Å². The molecule has 0 atom stereocenters. The standard InChI is InChI=1S/C11H19O3PS.C10H15S/c1-2-3-4-5-6-10-7-8-16-11(10)9-15(12,13)14;1-2-3-4-5-6-10-7-8-11-9-10/h7-8H,2-6,9H2,1H3,(H2,12,13,14);7-8H,2-6H2,1H3. The predicted octanol–water partition coefficient (Wildman–Crippen LogP) is 7.22. The van der Waals surface area contributed by atoms with Crippen LogP contribution in [0.25, 0.3) is 0 Å². The molecule has 2 aromatic heterocycles. The van der Waals surface area contributed by atoms with E-state index in [0.29, 0.717) is 0 Å². The molecule has 6 heteroatoms. The summed E-state index contributed by atoms with van der Waals surface area (Å²) in [6, 6.07) is 4.16. The van der Waals surface area contributed by atoms with Crippen LogP contribution >= 0.6 is 30.3 Å². The number of hydrogen-bond acceptors (Lipinski definition) is 3. The topological polar surface area (TPSA) is 57.5 Å². The lowest BCUT2D eigenvalue weighted by Crippen LogP contribution is -1.91. The molecule has 0 saturated heterocycles. The zero-order valence-corrected chi connectivity index (χ0v) is 19.2. The van der Waals surface area contributed by atoms with Crippen molar-refractivity contribution in [2.75, 3.05) is 0 Å². The van der Waals surface area contributed by atoms with Crippen molar-refractivity contribution in [3.05, 3.63) is 44.3 Å². The van der Waals surface area contributed by atoms with Crippen LogP contribution in [0.2, 0.25) is 0 Å². The first-order valence-corrected chi connectivity index (χ1v) is 13.6. The van der Waals surface area contributed by atoms with Crippen molar-refractivity contribution in [3.63, 3.8) is 0 Å². The minimum Gasteiger partial charge on any atom is -0.324 e. The normalized spacial score (nSPS) is 11.3. The Morgan fingerprint density at radius 2 is 1.59 bits per heavy atom. The van der Waals surface area contributed by atoms with E-state index in [1.165, 1.54) is 68.3 Å². The largest absolute Gasteiger partial charge is 0.330 e. The molecule has 0 unspecified atom stereocenters. The number of rotatable bonds is 12. The van der Waals surface area contributed by atoms with Crippen LogP contribution in [0.5, 0.6) is 0 Å². The monoisotopic (exact) mass is 429 g/mol. The molecule has 2 heterocycles. The maximum Gasteiger partial charge on any atom is 0.330 e. The third-order valence-corrected chi connectivity index (χ3v) is 6.87. The van der Waals surface area contributed by atoms with Crippen molar-refractivity contribution in [3.8, 4) is 0 Å². The number of unbranched alkanes of at least 4 members (excludes halogenated alkanes) is 6. The minimum atomic E-state index is -3.92. The summed E-state index contributed by atoms with van der Waals surface area (Å²) in [4.78, 5) is 18.7. The van der Waals surface area contributed by atoms with E-state index in [1.54, 1.807) is 11.3 Å². The Hall–Kier alpha value is -0.450. The molecule has 27 heavy (non-hydrogen) atoms. The molecule has 0 aliphatic heterocycles. The molecular weight excluding hydrogens is 395 g/mol. The molecule has 2 aromatic rings. The van der Waals surface area contributed by atoms with Crippen LogP contribution in [0.3, 0.4) is 0 Å². The fraction of sp³-hybridized carbons (Fsp3) is 0.619. The van der Waals surface area contributed by atoms with Crippen LogP contribution < -0.4 is 0 Å². The van der Waals surface area contributed by atoms with E-state index in [2.05, 4.69) is 30.7 Å². The van der Waals surface area contributed by atoms with Crippen LogP contribution in [-0.4, -0.2) is 9.79 Å². The summed E-state index contributed by atoms with van der Waals surface area (Å²) in [5.74, 6) is 0. The second-order valence-electron chi connectivity index (χ2n) is 6.86. The summed E-state index contributed by atoms with van der Waals surface area (Å²) >= 11 is 3.13. The molecule has 0 aliphatic rings. The highest BCUT2D eigenvalue weighted by Crippen LogP contribution is 2.41. The van der Waals surface area contributed by atoms with Crippen LogP contribution in [0.4, 0.5) is 0 Å². The molecule has 3 nitrogen and oxygen atoms in total. The Bertz CT molecular complexity index is 632. The molecule has 2 N–H and O–H groups in total. The number of hydrogen-bond donors (Lipinski definition) is 2. The van der Waals surface area contributed by atoms with Gasteiger partial charge in [-0.25, -0.2) is 0 Å². The molecule has 0 aromatic carbocycles. The maximum atomic E-state index is 10.9. The van der Waals surface area contributed by atoms with E-state index >= 15 is 0 Å². The fourth-order valence-corrected chi connectivity index (χ4v) is 5.51. The summed E-state index contributed by atoms with van der Waals surface area (Å²) in [7, 11) is -3.92. The van der Waals surface area contributed by atoms with Gasteiger partial charge in [0.25, 0.3) is 0 Å². The molecule has 0 amide bonds. The molecule has 0 bridgehead atoms. The lowest BCUT2D eigenvalue weighted by atomic mass is 10.1. The zero-order valence-electron chi connectivity index (χ0n) is 16.7. The number of thiophene rings is 2. The molecular formula is C21H34O3PS2. The number of aryl methyl sites for hydroxylation is 2. The van der Waals surface area contributed by atoms with Crippen molar-refractivity contribution in [1.29, 1.82) is 0 Å². The molecule has 0 fully saturated rings. The second kappa shape index (κ2) is 14.5. The Balaban J connectivity index is 0.000000289. The van der Waals surface area contributed by atoms with Crippen LogP contribution in [0.1, 0.15) is 81.2 Å². The Morgan fingerprint density at radius 3 is 2.15 bits per heavy atom. The van der Waals surface area contributed by atoms with E-state index in [4.69, 9.17) is 9.79 Å². The third kappa shape index (κ3) is 12.6. The minimum absolute atomic E-state index is 0.103. The van der Waals surface area contributed by atoms with E-state index in [1.807, 2.05) is 11.4 Å². The van der Waals surface area contributed by atoms with Gasteiger partial charge in [0.05, 0.1) is 6.16 Å². The van der Waals surface area contributed by atoms with Gasteiger partial charge in [-0.3, -0.25) is 4.57 Å². The van der Waals surface area contributed by atoms with Gasteiger partial charge in [-0.1, -0.05) is 52.4 Å². The lowest BCUT2D eigenvalue weighted by molar-refractivity contribution is 0.372. The molecule has 1 radical (unpaired) electrons. The summed E-state index contributed by atoms with van der Waals surface area (Å²) in [5, 5.41) is 7.28. The first-order valence-electron chi connectivity index (χ1n) is 10.00. The summed E-state index contributed by atoms with van der Waals surface area (Å²) in [5.41, 5.74) is 2.51. The van der Waals surface area contributed by atoms with Gasteiger partial charge in [0.15, 0.2) is 0 Å². The highest BCUT2D eigenvalue weighted by Gasteiger charge is 2.17. The van der Waals surface area contributed by atoms with Gasteiger partial charge in [-0.2, -0.15) is 0 Å². The van der Waals surface area contributed by atoms with Gasteiger partial charge in [0.1, 0.15) is 0 Å². The van der Waals surface area contributed by atoms with Gasteiger partial charge < -0.3 is 9.79 Å². The van der Waals surface area contributed by atoms with Crippen molar-refractivity contribution < 1.29 is 14.4 Å². The van der Waals surface area contributed by atoms with E-state index < -0.39 is 7.60 Å². The maximum absolute atomic E-state index is 10.9. The van der Waals surface area contributed by atoms with Crippen molar-refractivity contribution in [1.82, 2.24) is 0 Å². The quantitative estimate of drug-likeness (QED) is 0.277. The molecule has 0 spiro atoms. The first-order chi connectivity index (χ1) is 13.0. The van der Waals surface area contributed by atoms with E-state index in [0.717, 1.165) is 23.3 Å². The van der Waals surface area contributed by atoms with Crippen molar-refractivity contribution in [2.45, 2.75) is 84.2 Å². The lowest BCUT2D eigenvalue weighted by Gasteiger charge is -2.05. The average molecular weight is 430 g/mol. The summed E-state index contributed by atoms with van der Waals surface area (Å²) in [6.07, 6.45) is 12.2.